The van der Waals surface area contributed by atoms with Crippen LogP contribution in [-0.4, -0.2) is 48.9 Å². The normalized spacial score (nSPS) is 14.9. The summed E-state index contributed by atoms with van der Waals surface area (Å²) < 4.78 is 21.9. The average Bonchev–Trinajstić information content (AvgIpc) is 4.17. The molecule has 9 heterocycles. The van der Waals surface area contributed by atoms with Gasteiger partial charge in [0, 0.05) is 43.1 Å². The number of hydrogen-bond acceptors (Lipinski definition) is 14. The monoisotopic (exact) mass is 958 g/mol. The summed E-state index contributed by atoms with van der Waals surface area (Å²) in [4.78, 5) is 28.7. The quantitative estimate of drug-likeness (QED) is 0.0943. The van der Waals surface area contributed by atoms with Gasteiger partial charge in [0.05, 0.1) is 53.6 Å². The number of para-hydroxylation sites is 2. The number of unbranched alkanes of at least 4 members (excludes halogenated alkanes) is 2. The number of rotatable bonds is 16. The van der Waals surface area contributed by atoms with Gasteiger partial charge >= 0.3 is 0 Å². The van der Waals surface area contributed by atoms with Crippen molar-refractivity contribution >= 4 is 121 Å². The van der Waals surface area contributed by atoms with E-state index in [0.29, 0.717) is 11.8 Å². The lowest BCUT2D eigenvalue weighted by atomic mass is 10.0. The van der Waals surface area contributed by atoms with Crippen LogP contribution in [0.15, 0.2) is 82.8 Å². The molecule has 8 nitrogen and oxygen atoms in total. The van der Waals surface area contributed by atoms with Crippen LogP contribution in [0.1, 0.15) is 79.1 Å². The number of thiophene rings is 2. The molecular weight excluding hydrogens is 913 g/mol. The van der Waals surface area contributed by atoms with Crippen molar-refractivity contribution < 1.29 is 0 Å². The van der Waals surface area contributed by atoms with Crippen molar-refractivity contribution in [2.45, 2.75) is 88.9 Å². The largest absolute Gasteiger partial charge is 0.251 e. The molecule has 15 heteroatoms. The minimum atomic E-state index is -1.45. The van der Waals surface area contributed by atoms with E-state index in [-0.39, 0.29) is 0 Å². The van der Waals surface area contributed by atoms with Gasteiger partial charge in [-0.2, -0.15) is 27.5 Å². The van der Waals surface area contributed by atoms with Gasteiger partial charge in [-0.1, -0.05) is 90.5 Å². The third-order valence-corrected chi connectivity index (χ3v) is 23.0. The van der Waals surface area contributed by atoms with Crippen LogP contribution in [0, 0.1) is 11.8 Å². The summed E-state index contributed by atoms with van der Waals surface area (Å²) in [6.07, 6.45) is 14.0. The molecule has 0 bridgehead atoms. The Hall–Kier alpha value is -4.09. The van der Waals surface area contributed by atoms with E-state index < -0.39 is 10.0 Å². The van der Waals surface area contributed by atoms with E-state index in [1.165, 1.54) is 106 Å². The van der Waals surface area contributed by atoms with Crippen molar-refractivity contribution in [3.8, 4) is 52.0 Å². The maximum atomic E-state index is 5.13. The van der Waals surface area contributed by atoms with Gasteiger partial charge in [-0.05, 0) is 72.6 Å². The van der Waals surface area contributed by atoms with E-state index in [1.54, 1.807) is 32.5 Å². The Labute approximate surface area is 392 Å². The molecule has 10 aromatic rings. The van der Waals surface area contributed by atoms with Crippen LogP contribution >= 0.6 is 78.8 Å². The Morgan fingerprint density at radius 2 is 0.984 bits per heavy atom. The highest BCUT2D eigenvalue weighted by Gasteiger charge is 2.45. The Morgan fingerprint density at radius 3 is 1.41 bits per heavy atom. The Bertz CT molecular complexity index is 2980. The summed E-state index contributed by atoms with van der Waals surface area (Å²) in [6.45, 7) is 9.52. The second-order valence-corrected chi connectivity index (χ2v) is 25.1. The molecule has 0 saturated heterocycles. The highest BCUT2D eigenvalue weighted by atomic mass is 32.3. The van der Waals surface area contributed by atoms with Crippen molar-refractivity contribution in [2.75, 3.05) is 11.5 Å². The number of benzene rings is 2. The zero-order valence-corrected chi connectivity index (χ0v) is 41.3. The summed E-state index contributed by atoms with van der Waals surface area (Å²) in [5.41, 5.74) is 9.23. The SMILES string of the molecule is CCCCC(CC)CS1(CC(CC)CCCC)c2cc(-c3cnc(-c4nc5ccccc5s4)c4nsnc34)sc2-c2sc(-c3cnc(-c4nc5ccccc5s4)c4nsnc34)cc21. The van der Waals surface area contributed by atoms with E-state index in [4.69, 9.17) is 37.4 Å². The summed E-state index contributed by atoms with van der Waals surface area (Å²) in [7, 11) is -1.45. The highest BCUT2D eigenvalue weighted by Crippen LogP contribution is 2.77. The third kappa shape index (κ3) is 7.26. The summed E-state index contributed by atoms with van der Waals surface area (Å²) in [6, 6.07) is 21.7. The van der Waals surface area contributed by atoms with Gasteiger partial charge in [-0.3, -0.25) is 9.97 Å². The second kappa shape index (κ2) is 17.4. The lowest BCUT2D eigenvalue weighted by molar-refractivity contribution is 0.484. The summed E-state index contributed by atoms with van der Waals surface area (Å²) >= 11 is 9.73. The van der Waals surface area contributed by atoms with E-state index in [1.807, 2.05) is 47.2 Å². The Morgan fingerprint density at radius 1 is 0.540 bits per heavy atom. The van der Waals surface area contributed by atoms with Crippen LogP contribution in [0.25, 0.3) is 94.5 Å². The van der Waals surface area contributed by atoms with Gasteiger partial charge in [-0.25, -0.2) is 9.97 Å². The molecule has 2 unspecified atom stereocenters. The second-order valence-electron chi connectivity index (χ2n) is 16.6. The highest BCUT2D eigenvalue weighted by molar-refractivity contribution is 8.34. The van der Waals surface area contributed by atoms with Crippen molar-refractivity contribution in [1.82, 2.24) is 37.4 Å². The first kappa shape index (κ1) is 41.6. The summed E-state index contributed by atoms with van der Waals surface area (Å²) in [5, 5.41) is 1.77. The maximum absolute atomic E-state index is 5.13. The first-order valence-electron chi connectivity index (χ1n) is 22.0. The van der Waals surface area contributed by atoms with Crippen molar-refractivity contribution in [2.24, 2.45) is 11.8 Å². The van der Waals surface area contributed by atoms with Crippen LogP contribution in [0.2, 0.25) is 0 Å². The van der Waals surface area contributed by atoms with Crippen molar-refractivity contribution in [3.05, 3.63) is 73.1 Å². The number of thiazole rings is 2. The lowest BCUT2D eigenvalue weighted by Crippen LogP contribution is -2.20. The molecule has 0 amide bonds. The smallest absolute Gasteiger partial charge is 0.145 e. The first-order chi connectivity index (χ1) is 31.0. The molecule has 1 aliphatic rings. The number of nitrogens with zero attached hydrogens (tertiary/aromatic N) is 8. The average molecular weight is 959 g/mol. The zero-order valence-electron chi connectivity index (χ0n) is 35.6. The molecule has 0 spiro atoms. The van der Waals surface area contributed by atoms with Gasteiger partial charge in [0.1, 0.15) is 43.5 Å². The van der Waals surface area contributed by atoms with Gasteiger partial charge in [0.15, 0.2) is 0 Å². The van der Waals surface area contributed by atoms with E-state index in [0.717, 1.165) is 75.0 Å². The number of pyridine rings is 2. The van der Waals surface area contributed by atoms with Crippen molar-refractivity contribution in [3.63, 3.8) is 0 Å². The Balaban J connectivity index is 1.08. The molecule has 320 valence electrons. The fraction of sp³-hybridized carbons (Fsp3) is 0.333. The molecule has 1 aliphatic heterocycles. The van der Waals surface area contributed by atoms with Gasteiger partial charge < -0.3 is 0 Å². The van der Waals surface area contributed by atoms with Crippen LogP contribution in [-0.2, 0) is 0 Å². The van der Waals surface area contributed by atoms with Crippen LogP contribution in [0.4, 0.5) is 0 Å². The minimum absolute atomic E-state index is 0.655. The van der Waals surface area contributed by atoms with Crippen LogP contribution in [0.5, 0.6) is 0 Å². The van der Waals surface area contributed by atoms with Crippen molar-refractivity contribution in [1.29, 1.82) is 0 Å². The molecule has 0 aliphatic carbocycles. The molecule has 11 rings (SSSR count). The molecule has 0 fully saturated rings. The Kier molecular flexibility index (Phi) is 11.5. The maximum Gasteiger partial charge on any atom is 0.145 e. The fourth-order valence-corrected chi connectivity index (χ4v) is 21.2. The van der Waals surface area contributed by atoms with E-state index >= 15 is 0 Å². The number of aromatic nitrogens is 8. The fourth-order valence-electron chi connectivity index (χ4n) is 9.22. The summed E-state index contributed by atoms with van der Waals surface area (Å²) in [5.74, 6) is 3.76. The minimum Gasteiger partial charge on any atom is -0.251 e. The molecule has 0 radical (unpaired) electrons. The van der Waals surface area contributed by atoms with E-state index in [2.05, 4.69) is 76.2 Å². The standard InChI is InChI=1S/C48H46N8S7/c1-5-9-15-27(7-3)25-63(26-28(8-4)16-10-6-2)37-21-35(29-23-49-43(41-39(29)53-61-55-41)47-51-31-17-11-13-19-33(31)59-47)57-45(37)46-38(63)22-36(58-46)30-24-50-44(42-40(30)54-62-56-42)48-52-32-18-12-14-20-34(32)60-48/h11-14,17-24,27-28H,5-10,15-16,25-26H2,1-4H3. The van der Waals surface area contributed by atoms with Gasteiger partial charge in [0.25, 0.3) is 0 Å². The van der Waals surface area contributed by atoms with Gasteiger partial charge in [-0.15, -0.1) is 45.3 Å². The molecule has 2 aromatic carbocycles. The predicted molar refractivity (Wildman–Crippen MR) is 274 cm³/mol. The molecule has 63 heavy (non-hydrogen) atoms. The molecule has 0 N–H and O–H groups in total. The topological polar surface area (TPSA) is 103 Å². The molecule has 8 aromatic heterocycles. The first-order valence-corrected chi connectivity index (χ1v) is 28.7. The predicted octanol–water partition coefficient (Wildman–Crippen LogP) is 16.1. The molecule has 0 saturated carbocycles. The van der Waals surface area contributed by atoms with Gasteiger partial charge in [0.2, 0.25) is 0 Å². The molecular formula is C48H46N8S7. The lowest BCUT2D eigenvalue weighted by Gasteiger charge is -2.42. The van der Waals surface area contributed by atoms with E-state index in [9.17, 15) is 0 Å². The number of fused-ring (bicyclic) bond motifs is 7. The third-order valence-electron chi connectivity index (χ3n) is 12.7. The zero-order chi connectivity index (χ0) is 42.7. The van der Waals surface area contributed by atoms with Crippen LogP contribution in [0.3, 0.4) is 0 Å². The number of hydrogen-bond donors (Lipinski definition) is 0. The molecule has 2 atom stereocenters. The van der Waals surface area contributed by atoms with Crippen LogP contribution < -0.4 is 0 Å².